The van der Waals surface area contributed by atoms with Crippen LogP contribution in [0.15, 0.2) is 0 Å². The number of rotatable bonds is 7. The van der Waals surface area contributed by atoms with Crippen molar-refractivity contribution < 1.29 is 23.1 Å². The second-order valence-electron chi connectivity index (χ2n) is 5.29. The first-order valence-electron chi connectivity index (χ1n) is 6.71. The molecule has 0 radical (unpaired) electrons. The Morgan fingerprint density at radius 3 is 2.53 bits per heavy atom. The summed E-state index contributed by atoms with van der Waals surface area (Å²) < 4.78 is 31.7. The number of hydrogen-bond acceptors (Lipinski definition) is 4. The number of sulfonamides is 1. The Morgan fingerprint density at radius 2 is 2.00 bits per heavy atom. The Kier molecular flexibility index (Phi) is 4.47. The molecule has 2 aliphatic carbocycles. The van der Waals surface area contributed by atoms with E-state index in [0.717, 1.165) is 12.8 Å². The molecule has 110 valence electrons. The molecule has 7 heteroatoms. The highest BCUT2D eigenvalue weighted by Crippen LogP contribution is 2.37. The minimum atomic E-state index is -3.53. The number of ether oxygens (including phenoxy) is 1. The summed E-state index contributed by atoms with van der Waals surface area (Å²) in [5, 5.41) is 8.39. The van der Waals surface area contributed by atoms with Crippen LogP contribution in [-0.2, 0) is 19.6 Å². The van der Waals surface area contributed by atoms with Gasteiger partial charge in [-0.3, -0.25) is 4.79 Å². The summed E-state index contributed by atoms with van der Waals surface area (Å²) in [7, 11) is -2.00. The van der Waals surface area contributed by atoms with Gasteiger partial charge in [0.1, 0.15) is 0 Å². The number of aliphatic carboxylic acids is 1. The fraction of sp³-hybridized carbons (Fsp3) is 0.917. The number of carbonyl (C=O) groups is 1. The monoisotopic (exact) mass is 291 g/mol. The molecule has 0 aromatic rings. The van der Waals surface area contributed by atoms with Gasteiger partial charge in [0.15, 0.2) is 0 Å². The Hall–Kier alpha value is -0.660. The molecule has 0 aromatic carbocycles. The molecule has 19 heavy (non-hydrogen) atoms. The van der Waals surface area contributed by atoms with Crippen LogP contribution < -0.4 is 0 Å². The van der Waals surface area contributed by atoms with Crippen LogP contribution in [0.5, 0.6) is 0 Å². The molecule has 0 heterocycles. The van der Waals surface area contributed by atoms with Crippen LogP contribution in [0.25, 0.3) is 0 Å². The van der Waals surface area contributed by atoms with E-state index < -0.39 is 27.2 Å². The van der Waals surface area contributed by atoms with Crippen LogP contribution in [0.1, 0.15) is 32.1 Å². The van der Waals surface area contributed by atoms with Gasteiger partial charge in [-0.2, -0.15) is 4.31 Å². The number of methoxy groups -OCH3 is 1. The molecule has 2 atom stereocenters. The van der Waals surface area contributed by atoms with Crippen molar-refractivity contribution in [3.05, 3.63) is 0 Å². The van der Waals surface area contributed by atoms with Crippen molar-refractivity contribution in [2.24, 2.45) is 5.92 Å². The largest absolute Gasteiger partial charge is 0.481 e. The molecule has 0 spiro atoms. The Bertz CT molecular complexity index is 431. The Labute approximate surface area is 113 Å². The third-order valence-corrected chi connectivity index (χ3v) is 6.41. The maximum atomic E-state index is 12.6. The number of hydrogen-bond donors (Lipinski definition) is 1. The first-order valence-corrected chi connectivity index (χ1v) is 8.21. The zero-order valence-electron chi connectivity index (χ0n) is 11.1. The third-order valence-electron chi connectivity index (χ3n) is 3.95. The first kappa shape index (κ1) is 14.7. The number of carboxylic acid groups (broad SMARTS) is 1. The Morgan fingerprint density at radius 1 is 1.32 bits per heavy atom. The predicted molar refractivity (Wildman–Crippen MR) is 69.3 cm³/mol. The minimum Gasteiger partial charge on any atom is -0.481 e. The maximum Gasteiger partial charge on any atom is 0.307 e. The normalized spacial score (nSPS) is 27.9. The quantitative estimate of drug-likeness (QED) is 0.745. The molecule has 0 bridgehead atoms. The van der Waals surface area contributed by atoms with E-state index in [1.807, 2.05) is 0 Å². The van der Waals surface area contributed by atoms with Gasteiger partial charge in [-0.1, -0.05) is 6.42 Å². The Balaban J connectivity index is 2.16. The van der Waals surface area contributed by atoms with Gasteiger partial charge in [0.25, 0.3) is 0 Å². The van der Waals surface area contributed by atoms with Gasteiger partial charge < -0.3 is 9.84 Å². The fourth-order valence-corrected chi connectivity index (χ4v) is 5.24. The lowest BCUT2D eigenvalue weighted by Gasteiger charge is -2.27. The van der Waals surface area contributed by atoms with E-state index in [-0.39, 0.29) is 6.04 Å². The molecule has 6 nitrogen and oxygen atoms in total. The lowest BCUT2D eigenvalue weighted by molar-refractivity contribution is -0.141. The summed E-state index contributed by atoms with van der Waals surface area (Å²) in [6, 6.07) is 0.0511. The van der Waals surface area contributed by atoms with Crippen molar-refractivity contribution in [1.82, 2.24) is 4.31 Å². The van der Waals surface area contributed by atoms with Gasteiger partial charge in [0, 0.05) is 19.7 Å². The van der Waals surface area contributed by atoms with E-state index >= 15 is 0 Å². The molecule has 2 fully saturated rings. The lowest BCUT2D eigenvalue weighted by atomic mass is 10.1. The second-order valence-corrected chi connectivity index (χ2v) is 7.40. The van der Waals surface area contributed by atoms with Crippen molar-refractivity contribution in [3.63, 3.8) is 0 Å². The molecule has 1 N–H and O–H groups in total. The summed E-state index contributed by atoms with van der Waals surface area (Å²) in [4.78, 5) is 11.2. The second kappa shape index (κ2) is 5.76. The average molecular weight is 291 g/mol. The van der Waals surface area contributed by atoms with E-state index in [9.17, 15) is 13.2 Å². The van der Waals surface area contributed by atoms with Crippen LogP contribution in [0.3, 0.4) is 0 Å². The summed E-state index contributed by atoms with van der Waals surface area (Å²) in [6.07, 6.45) is 3.32. The third kappa shape index (κ3) is 3.09. The lowest BCUT2D eigenvalue weighted by Crippen LogP contribution is -2.44. The van der Waals surface area contributed by atoms with Crippen LogP contribution >= 0.6 is 0 Å². The highest BCUT2D eigenvalue weighted by atomic mass is 32.2. The van der Waals surface area contributed by atoms with Crippen molar-refractivity contribution in [2.45, 2.75) is 43.4 Å². The van der Waals surface area contributed by atoms with E-state index in [4.69, 9.17) is 9.84 Å². The zero-order chi connectivity index (χ0) is 14.0. The van der Waals surface area contributed by atoms with Gasteiger partial charge in [-0.15, -0.1) is 0 Å². The fourth-order valence-electron chi connectivity index (χ4n) is 2.80. The molecule has 2 unspecified atom stereocenters. The topological polar surface area (TPSA) is 83.9 Å². The molecular formula is C12H21NO5S. The van der Waals surface area contributed by atoms with Gasteiger partial charge in [0.2, 0.25) is 10.0 Å². The van der Waals surface area contributed by atoms with E-state index in [0.29, 0.717) is 32.4 Å². The number of nitrogens with zero attached hydrogens (tertiary/aromatic N) is 1. The molecular weight excluding hydrogens is 270 g/mol. The van der Waals surface area contributed by atoms with Crippen molar-refractivity contribution in [1.29, 1.82) is 0 Å². The molecule has 2 aliphatic rings. The molecule has 0 aromatic heterocycles. The van der Waals surface area contributed by atoms with E-state index in [1.165, 1.54) is 11.4 Å². The van der Waals surface area contributed by atoms with Crippen LogP contribution in [0.2, 0.25) is 0 Å². The van der Waals surface area contributed by atoms with Gasteiger partial charge >= 0.3 is 5.97 Å². The molecule has 2 saturated carbocycles. The minimum absolute atomic E-state index is 0.0511. The summed E-state index contributed by atoms with van der Waals surface area (Å²) in [5.41, 5.74) is 0. The molecule has 0 aliphatic heterocycles. The van der Waals surface area contributed by atoms with E-state index in [1.54, 1.807) is 0 Å². The van der Waals surface area contributed by atoms with E-state index in [2.05, 4.69) is 0 Å². The predicted octanol–water partition coefficient (Wildman–Crippen LogP) is 0.680. The zero-order valence-corrected chi connectivity index (χ0v) is 11.9. The summed E-state index contributed by atoms with van der Waals surface area (Å²) >= 11 is 0. The van der Waals surface area contributed by atoms with Crippen LogP contribution in [0, 0.1) is 5.92 Å². The first-order chi connectivity index (χ1) is 8.98. The van der Waals surface area contributed by atoms with Crippen molar-refractivity contribution >= 4 is 16.0 Å². The van der Waals surface area contributed by atoms with Gasteiger partial charge in [-0.05, 0) is 25.7 Å². The van der Waals surface area contributed by atoms with Crippen molar-refractivity contribution in [2.75, 3.05) is 20.3 Å². The maximum absolute atomic E-state index is 12.6. The summed E-state index contributed by atoms with van der Waals surface area (Å²) in [6.45, 7) is 0.673. The van der Waals surface area contributed by atoms with Crippen molar-refractivity contribution in [3.8, 4) is 0 Å². The highest BCUT2D eigenvalue weighted by Gasteiger charge is 2.47. The van der Waals surface area contributed by atoms with Crippen LogP contribution in [0.4, 0.5) is 0 Å². The van der Waals surface area contributed by atoms with Gasteiger partial charge in [0.05, 0.1) is 17.8 Å². The summed E-state index contributed by atoms with van der Waals surface area (Å²) in [5.74, 6) is -1.75. The standard InChI is InChI=1S/C12H21NO5S/c1-18-8-7-13(9-5-6-9)19(16,17)11-4-2-3-10(11)12(14)15/h9-11H,2-8H2,1H3,(H,14,15). The molecule has 2 rings (SSSR count). The average Bonchev–Trinajstić information content (AvgIpc) is 3.04. The number of carboxylic acids is 1. The highest BCUT2D eigenvalue weighted by molar-refractivity contribution is 7.89. The smallest absolute Gasteiger partial charge is 0.307 e. The van der Waals surface area contributed by atoms with Crippen LogP contribution in [-0.4, -0.2) is 55.4 Å². The SMILES string of the molecule is COCCN(C1CC1)S(=O)(=O)C1CCCC1C(=O)O. The molecule has 0 amide bonds. The molecule has 0 saturated heterocycles. The van der Waals surface area contributed by atoms with Gasteiger partial charge in [-0.25, -0.2) is 8.42 Å².